The van der Waals surface area contributed by atoms with Gasteiger partial charge in [0.1, 0.15) is 0 Å². The minimum Gasteiger partial charge on any atom is -0.490 e. The maximum Gasteiger partial charge on any atom is 0.374 e. The number of methoxy groups -OCH3 is 1. The molecule has 1 atom stereocenters. The number of ether oxygens (including phenoxy) is 2. The molecule has 0 bridgehead atoms. The smallest absolute Gasteiger partial charge is 0.374 e. The largest absolute Gasteiger partial charge is 0.490 e. The highest BCUT2D eigenvalue weighted by molar-refractivity contribution is 5.89. The van der Waals surface area contributed by atoms with Gasteiger partial charge in [0.05, 0.1) is 17.6 Å². The summed E-state index contributed by atoms with van der Waals surface area (Å²) in [6, 6.07) is 6.11. The van der Waals surface area contributed by atoms with Gasteiger partial charge in [0.25, 0.3) is 5.69 Å². The molecule has 0 amide bonds. The van der Waals surface area contributed by atoms with Crippen molar-refractivity contribution >= 4 is 11.7 Å². The summed E-state index contributed by atoms with van der Waals surface area (Å²) in [7, 11) is 1.34. The fraction of sp³-hybridized carbons (Fsp3) is 0.182. The number of nitrogens with zero attached hydrogens (tertiary/aromatic N) is 1. The highest BCUT2D eigenvalue weighted by Crippen LogP contribution is 2.33. The molecule has 1 aromatic rings. The molecule has 1 heterocycles. The minimum absolute atomic E-state index is 0.0631. The second-order valence-electron chi connectivity index (χ2n) is 3.38. The van der Waals surface area contributed by atoms with E-state index in [-0.39, 0.29) is 11.4 Å². The van der Waals surface area contributed by atoms with Crippen molar-refractivity contribution in [2.45, 2.75) is 6.10 Å². The molecular formula is C11H9NO5. The summed E-state index contributed by atoms with van der Waals surface area (Å²) < 4.78 is 9.77. The van der Waals surface area contributed by atoms with Crippen LogP contribution in [0.4, 0.5) is 5.69 Å². The third-order valence-corrected chi connectivity index (χ3v) is 2.40. The quantitative estimate of drug-likeness (QED) is 0.452. The van der Waals surface area contributed by atoms with E-state index < -0.39 is 17.0 Å². The highest BCUT2D eigenvalue weighted by atomic mass is 16.6. The number of esters is 1. The number of para-hydroxylation sites is 1. The predicted molar refractivity (Wildman–Crippen MR) is 57.0 cm³/mol. The van der Waals surface area contributed by atoms with Gasteiger partial charge in [0.15, 0.2) is 6.10 Å². The first-order valence-corrected chi connectivity index (χ1v) is 4.83. The van der Waals surface area contributed by atoms with Gasteiger partial charge in [-0.05, 0) is 6.07 Å². The van der Waals surface area contributed by atoms with Crippen molar-refractivity contribution in [1.29, 1.82) is 0 Å². The summed E-state index contributed by atoms with van der Waals surface area (Å²) in [5.41, 5.74) is 0.247. The number of nitro groups is 1. The van der Waals surface area contributed by atoms with Gasteiger partial charge in [-0.25, -0.2) is 4.79 Å². The first kappa shape index (κ1) is 11.1. The molecule has 1 aliphatic rings. The fourth-order valence-electron chi connectivity index (χ4n) is 1.61. The second kappa shape index (κ2) is 4.25. The lowest BCUT2D eigenvalue weighted by molar-refractivity contribution is -0.386. The van der Waals surface area contributed by atoms with E-state index in [1.54, 1.807) is 18.2 Å². The molecule has 6 heteroatoms. The molecule has 0 radical (unpaired) electrons. The number of hydrogen-bond acceptors (Lipinski definition) is 5. The van der Waals surface area contributed by atoms with Crippen LogP contribution in [0.25, 0.3) is 0 Å². The molecule has 1 aliphatic heterocycles. The lowest BCUT2D eigenvalue weighted by Crippen LogP contribution is -2.05. The number of cyclic esters (lactones) is 1. The Morgan fingerprint density at radius 3 is 2.71 bits per heavy atom. The maximum atomic E-state index is 11.3. The van der Waals surface area contributed by atoms with Gasteiger partial charge in [0.2, 0.25) is 5.76 Å². The Hall–Kier alpha value is -2.37. The van der Waals surface area contributed by atoms with E-state index in [1.807, 2.05) is 0 Å². The number of nitro benzene ring substituents is 1. The lowest BCUT2D eigenvalue weighted by Gasteiger charge is -2.07. The Morgan fingerprint density at radius 2 is 2.12 bits per heavy atom. The molecule has 0 N–H and O–H groups in total. The van der Waals surface area contributed by atoms with E-state index in [2.05, 4.69) is 0 Å². The molecule has 1 aromatic carbocycles. The molecule has 88 valence electrons. The van der Waals surface area contributed by atoms with Crippen LogP contribution in [-0.2, 0) is 14.3 Å². The fourth-order valence-corrected chi connectivity index (χ4v) is 1.61. The van der Waals surface area contributed by atoms with Gasteiger partial charge in [-0.3, -0.25) is 10.1 Å². The summed E-state index contributed by atoms with van der Waals surface area (Å²) in [6.07, 6.45) is 0.657. The first-order chi connectivity index (χ1) is 8.13. The normalized spacial score (nSPS) is 18.5. The predicted octanol–water partition coefficient (Wildman–Crippen LogP) is 1.72. The SMILES string of the molecule is COC1=CC(c2ccccc2[N+](=O)[O-])OC1=O. The van der Waals surface area contributed by atoms with Gasteiger partial charge in [-0.1, -0.05) is 12.1 Å². The monoisotopic (exact) mass is 235 g/mol. The van der Waals surface area contributed by atoms with E-state index in [0.717, 1.165) is 0 Å². The molecule has 0 saturated heterocycles. The molecule has 0 aliphatic carbocycles. The minimum atomic E-state index is -0.765. The van der Waals surface area contributed by atoms with Crippen molar-refractivity contribution < 1.29 is 19.2 Å². The zero-order valence-corrected chi connectivity index (χ0v) is 8.95. The van der Waals surface area contributed by atoms with Gasteiger partial charge < -0.3 is 9.47 Å². The van der Waals surface area contributed by atoms with E-state index in [9.17, 15) is 14.9 Å². The topological polar surface area (TPSA) is 78.7 Å². The number of hydrogen-bond donors (Lipinski definition) is 0. The van der Waals surface area contributed by atoms with Crippen molar-refractivity contribution in [3.05, 3.63) is 51.8 Å². The third-order valence-electron chi connectivity index (χ3n) is 2.40. The zero-order valence-electron chi connectivity index (χ0n) is 8.95. The number of carbonyl (C=O) groups is 1. The maximum absolute atomic E-state index is 11.3. The van der Waals surface area contributed by atoms with Crippen LogP contribution >= 0.6 is 0 Å². The standard InChI is InChI=1S/C11H9NO5/c1-16-10-6-9(17-11(10)13)7-4-2-3-5-8(7)12(14)15/h2-6,9H,1H3. The Balaban J connectivity index is 2.40. The van der Waals surface area contributed by atoms with Crippen molar-refractivity contribution in [3.63, 3.8) is 0 Å². The van der Waals surface area contributed by atoms with Crippen LogP contribution in [0.3, 0.4) is 0 Å². The zero-order chi connectivity index (χ0) is 12.4. The summed E-state index contributed by atoms with van der Waals surface area (Å²) in [4.78, 5) is 21.6. The Morgan fingerprint density at radius 1 is 1.41 bits per heavy atom. The van der Waals surface area contributed by atoms with Gasteiger partial charge in [-0.15, -0.1) is 0 Å². The summed E-state index contributed by atoms with van der Waals surface area (Å²) >= 11 is 0. The Labute approximate surface area is 96.6 Å². The molecule has 17 heavy (non-hydrogen) atoms. The molecule has 1 unspecified atom stereocenters. The average molecular weight is 235 g/mol. The average Bonchev–Trinajstić information content (AvgIpc) is 2.70. The van der Waals surface area contributed by atoms with Crippen LogP contribution in [0.5, 0.6) is 0 Å². The van der Waals surface area contributed by atoms with Crippen molar-refractivity contribution in [1.82, 2.24) is 0 Å². The lowest BCUT2D eigenvalue weighted by atomic mass is 10.1. The summed E-state index contributed by atoms with van der Waals surface area (Å²) in [6.45, 7) is 0. The van der Waals surface area contributed by atoms with E-state index in [4.69, 9.17) is 9.47 Å². The van der Waals surface area contributed by atoms with Crippen molar-refractivity contribution in [3.8, 4) is 0 Å². The highest BCUT2D eigenvalue weighted by Gasteiger charge is 2.31. The number of benzene rings is 1. The first-order valence-electron chi connectivity index (χ1n) is 4.83. The Kier molecular flexibility index (Phi) is 2.78. The van der Waals surface area contributed by atoms with Gasteiger partial charge in [-0.2, -0.15) is 0 Å². The van der Waals surface area contributed by atoms with Crippen molar-refractivity contribution in [2.24, 2.45) is 0 Å². The van der Waals surface area contributed by atoms with E-state index >= 15 is 0 Å². The summed E-state index contributed by atoms with van der Waals surface area (Å²) in [5, 5.41) is 10.8. The molecule has 0 saturated carbocycles. The van der Waals surface area contributed by atoms with E-state index in [1.165, 1.54) is 19.3 Å². The molecule has 0 fully saturated rings. The van der Waals surface area contributed by atoms with Crippen LogP contribution in [0.1, 0.15) is 11.7 Å². The van der Waals surface area contributed by atoms with Crippen LogP contribution in [-0.4, -0.2) is 18.0 Å². The summed E-state index contributed by atoms with van der Waals surface area (Å²) in [5.74, 6) is -0.552. The number of carbonyl (C=O) groups excluding carboxylic acids is 1. The van der Waals surface area contributed by atoms with E-state index in [0.29, 0.717) is 5.56 Å². The van der Waals surface area contributed by atoms with Crippen LogP contribution in [0.2, 0.25) is 0 Å². The second-order valence-corrected chi connectivity index (χ2v) is 3.38. The molecule has 2 rings (SSSR count). The molecule has 0 aromatic heterocycles. The third kappa shape index (κ3) is 1.96. The van der Waals surface area contributed by atoms with Gasteiger partial charge in [0, 0.05) is 12.1 Å². The molecular weight excluding hydrogens is 226 g/mol. The molecule has 6 nitrogen and oxygen atoms in total. The van der Waals surface area contributed by atoms with Crippen molar-refractivity contribution in [2.75, 3.05) is 7.11 Å². The number of rotatable bonds is 3. The van der Waals surface area contributed by atoms with Gasteiger partial charge >= 0.3 is 5.97 Å². The Bertz CT molecular complexity index is 508. The van der Waals surface area contributed by atoms with Crippen LogP contribution < -0.4 is 0 Å². The van der Waals surface area contributed by atoms with Crippen LogP contribution in [0.15, 0.2) is 36.1 Å². The van der Waals surface area contributed by atoms with Crippen LogP contribution in [0, 0.1) is 10.1 Å². The molecule has 0 spiro atoms.